The second-order valence-corrected chi connectivity index (χ2v) is 4.58. The number of rotatable bonds is 6. The Bertz CT molecular complexity index is 116. The van der Waals surface area contributed by atoms with Crippen molar-refractivity contribution in [2.24, 2.45) is 5.92 Å². The van der Waals surface area contributed by atoms with Crippen LogP contribution < -0.4 is 0 Å². The highest BCUT2D eigenvalue weighted by molar-refractivity contribution is 4.66. The third kappa shape index (κ3) is 4.66. The number of hydrogen-bond donors (Lipinski definition) is 0. The first-order valence-electron chi connectivity index (χ1n) is 6.05. The summed E-state index contributed by atoms with van der Waals surface area (Å²) in [5, 5.41) is 0. The molecular formula is C12H25N. The van der Waals surface area contributed by atoms with E-state index in [2.05, 4.69) is 18.7 Å². The second kappa shape index (κ2) is 6.42. The fourth-order valence-corrected chi connectivity index (χ4v) is 2.31. The van der Waals surface area contributed by atoms with Gasteiger partial charge in [-0.2, -0.15) is 0 Å². The van der Waals surface area contributed by atoms with E-state index in [1.54, 1.807) is 0 Å². The Balaban J connectivity index is 1.93. The molecule has 0 aromatic rings. The van der Waals surface area contributed by atoms with Gasteiger partial charge >= 0.3 is 0 Å². The standard InChI is InChI=1S/C12H25N/c1-3-7-12(2)8-6-11-13-9-4-5-10-13/h12H,3-11H2,1-2H3. The third-order valence-corrected chi connectivity index (χ3v) is 3.15. The maximum atomic E-state index is 2.62. The van der Waals surface area contributed by atoms with E-state index in [1.807, 2.05) is 0 Å². The Kier molecular flexibility index (Phi) is 5.45. The van der Waals surface area contributed by atoms with Gasteiger partial charge in [0.05, 0.1) is 0 Å². The summed E-state index contributed by atoms with van der Waals surface area (Å²) in [6.45, 7) is 8.77. The van der Waals surface area contributed by atoms with Gasteiger partial charge < -0.3 is 4.90 Å². The van der Waals surface area contributed by atoms with Crippen LogP contribution in [0, 0.1) is 5.92 Å². The summed E-state index contributed by atoms with van der Waals surface area (Å²) >= 11 is 0. The van der Waals surface area contributed by atoms with Crippen molar-refractivity contribution in [1.82, 2.24) is 4.90 Å². The summed E-state index contributed by atoms with van der Waals surface area (Å²) in [5.41, 5.74) is 0. The lowest BCUT2D eigenvalue weighted by atomic mass is 10.0. The summed E-state index contributed by atoms with van der Waals surface area (Å²) in [6, 6.07) is 0. The van der Waals surface area contributed by atoms with Crippen molar-refractivity contribution in [1.29, 1.82) is 0 Å². The molecule has 1 aliphatic rings. The fourth-order valence-electron chi connectivity index (χ4n) is 2.31. The lowest BCUT2D eigenvalue weighted by Gasteiger charge is -2.16. The van der Waals surface area contributed by atoms with Gasteiger partial charge in [0.15, 0.2) is 0 Å². The normalized spacial score (nSPS) is 20.8. The van der Waals surface area contributed by atoms with Crippen molar-refractivity contribution in [3.05, 3.63) is 0 Å². The van der Waals surface area contributed by atoms with E-state index in [1.165, 1.54) is 58.2 Å². The van der Waals surface area contributed by atoms with Gasteiger partial charge in [-0.15, -0.1) is 0 Å². The van der Waals surface area contributed by atoms with E-state index in [9.17, 15) is 0 Å². The average Bonchev–Trinajstić information content (AvgIpc) is 2.57. The molecule has 1 heterocycles. The molecule has 1 aliphatic heterocycles. The van der Waals surface area contributed by atoms with Crippen LogP contribution in [0.15, 0.2) is 0 Å². The molecule has 1 atom stereocenters. The quantitative estimate of drug-likeness (QED) is 0.610. The second-order valence-electron chi connectivity index (χ2n) is 4.58. The molecule has 1 unspecified atom stereocenters. The van der Waals surface area contributed by atoms with Crippen molar-refractivity contribution in [2.45, 2.75) is 52.4 Å². The minimum absolute atomic E-state index is 0.951. The van der Waals surface area contributed by atoms with Crippen LogP contribution in [0.1, 0.15) is 52.4 Å². The molecule has 1 saturated heterocycles. The Morgan fingerprint density at radius 1 is 1.15 bits per heavy atom. The van der Waals surface area contributed by atoms with E-state index >= 15 is 0 Å². The molecule has 1 fully saturated rings. The number of nitrogens with zero attached hydrogens (tertiary/aromatic N) is 1. The monoisotopic (exact) mass is 183 g/mol. The molecule has 0 radical (unpaired) electrons. The van der Waals surface area contributed by atoms with Gasteiger partial charge in [-0.25, -0.2) is 0 Å². The van der Waals surface area contributed by atoms with E-state index in [4.69, 9.17) is 0 Å². The largest absolute Gasteiger partial charge is 0.303 e. The molecule has 0 aliphatic carbocycles. The van der Waals surface area contributed by atoms with Crippen LogP contribution in [0.5, 0.6) is 0 Å². The molecular weight excluding hydrogens is 158 g/mol. The van der Waals surface area contributed by atoms with Gasteiger partial charge in [-0.05, 0) is 51.2 Å². The maximum Gasteiger partial charge on any atom is -0.00183 e. The summed E-state index contributed by atoms with van der Waals surface area (Å²) in [4.78, 5) is 2.62. The van der Waals surface area contributed by atoms with E-state index in [-0.39, 0.29) is 0 Å². The Morgan fingerprint density at radius 3 is 2.46 bits per heavy atom. The first kappa shape index (κ1) is 11.0. The summed E-state index contributed by atoms with van der Waals surface area (Å²) < 4.78 is 0. The average molecular weight is 183 g/mol. The maximum absolute atomic E-state index is 2.62. The van der Waals surface area contributed by atoms with Gasteiger partial charge in [0.25, 0.3) is 0 Å². The van der Waals surface area contributed by atoms with Gasteiger partial charge in [0.1, 0.15) is 0 Å². The van der Waals surface area contributed by atoms with Crippen molar-refractivity contribution in [2.75, 3.05) is 19.6 Å². The van der Waals surface area contributed by atoms with Crippen molar-refractivity contribution < 1.29 is 0 Å². The zero-order valence-electron chi connectivity index (χ0n) is 9.39. The van der Waals surface area contributed by atoms with Gasteiger partial charge in [-0.3, -0.25) is 0 Å². The highest BCUT2D eigenvalue weighted by Gasteiger charge is 2.10. The zero-order valence-corrected chi connectivity index (χ0v) is 9.39. The Morgan fingerprint density at radius 2 is 1.85 bits per heavy atom. The lowest BCUT2D eigenvalue weighted by Crippen LogP contribution is -2.20. The van der Waals surface area contributed by atoms with Gasteiger partial charge in [0, 0.05) is 0 Å². The fraction of sp³-hybridized carbons (Fsp3) is 1.00. The Hall–Kier alpha value is -0.0400. The summed E-state index contributed by atoms with van der Waals surface area (Å²) in [6.07, 6.45) is 8.49. The van der Waals surface area contributed by atoms with E-state index in [0.29, 0.717) is 0 Å². The molecule has 1 rings (SSSR count). The van der Waals surface area contributed by atoms with Crippen molar-refractivity contribution in [3.63, 3.8) is 0 Å². The van der Waals surface area contributed by atoms with Gasteiger partial charge in [-0.1, -0.05) is 26.7 Å². The van der Waals surface area contributed by atoms with Crippen LogP contribution in [0.2, 0.25) is 0 Å². The van der Waals surface area contributed by atoms with Crippen molar-refractivity contribution >= 4 is 0 Å². The highest BCUT2D eigenvalue weighted by Crippen LogP contribution is 2.14. The molecule has 1 heteroatoms. The van der Waals surface area contributed by atoms with Crippen LogP contribution in [0.3, 0.4) is 0 Å². The summed E-state index contributed by atoms with van der Waals surface area (Å²) in [5.74, 6) is 0.951. The molecule has 78 valence electrons. The third-order valence-electron chi connectivity index (χ3n) is 3.15. The van der Waals surface area contributed by atoms with Crippen LogP contribution >= 0.6 is 0 Å². The lowest BCUT2D eigenvalue weighted by molar-refractivity contribution is 0.315. The summed E-state index contributed by atoms with van der Waals surface area (Å²) in [7, 11) is 0. The molecule has 0 saturated carbocycles. The molecule has 0 aromatic heterocycles. The minimum atomic E-state index is 0.951. The van der Waals surface area contributed by atoms with Crippen LogP contribution in [-0.4, -0.2) is 24.5 Å². The molecule has 0 spiro atoms. The molecule has 13 heavy (non-hydrogen) atoms. The predicted octanol–water partition coefficient (Wildman–Crippen LogP) is 3.30. The molecule has 0 bridgehead atoms. The molecule has 1 nitrogen and oxygen atoms in total. The topological polar surface area (TPSA) is 3.24 Å². The first-order valence-corrected chi connectivity index (χ1v) is 6.05. The van der Waals surface area contributed by atoms with Crippen LogP contribution in [0.4, 0.5) is 0 Å². The van der Waals surface area contributed by atoms with E-state index in [0.717, 1.165) is 5.92 Å². The predicted molar refractivity (Wildman–Crippen MR) is 59.0 cm³/mol. The number of likely N-dealkylation sites (tertiary alicyclic amines) is 1. The van der Waals surface area contributed by atoms with Crippen molar-refractivity contribution in [3.8, 4) is 0 Å². The van der Waals surface area contributed by atoms with Crippen LogP contribution in [-0.2, 0) is 0 Å². The Labute approximate surface area is 83.5 Å². The number of hydrogen-bond acceptors (Lipinski definition) is 1. The smallest absolute Gasteiger partial charge is 0.00183 e. The van der Waals surface area contributed by atoms with E-state index < -0.39 is 0 Å². The SMILES string of the molecule is CCCC(C)CCCN1CCCC1. The van der Waals surface area contributed by atoms with Gasteiger partial charge in [0.2, 0.25) is 0 Å². The zero-order chi connectivity index (χ0) is 9.52. The highest BCUT2D eigenvalue weighted by atomic mass is 15.1. The first-order chi connectivity index (χ1) is 6.33. The van der Waals surface area contributed by atoms with Crippen LogP contribution in [0.25, 0.3) is 0 Å². The molecule has 0 amide bonds. The minimum Gasteiger partial charge on any atom is -0.303 e. The molecule has 0 N–H and O–H groups in total. The molecule has 0 aromatic carbocycles.